The summed E-state index contributed by atoms with van der Waals surface area (Å²) in [5.41, 5.74) is 1.31. The molecule has 3 heterocycles. The maximum atomic E-state index is 11.2. The molecule has 96 valence electrons. The van der Waals surface area contributed by atoms with Gasteiger partial charge in [0.2, 0.25) is 0 Å². The van der Waals surface area contributed by atoms with Gasteiger partial charge in [-0.05, 0) is 30.9 Å². The lowest BCUT2D eigenvalue weighted by atomic mass is 9.69. The summed E-state index contributed by atoms with van der Waals surface area (Å²) < 4.78 is 0. The Hall–Kier alpha value is -0.860. The van der Waals surface area contributed by atoms with Gasteiger partial charge in [-0.15, -0.1) is 0 Å². The highest BCUT2D eigenvalue weighted by molar-refractivity contribution is 6.30. The number of carbonyl (C=O) groups is 1. The van der Waals surface area contributed by atoms with Crippen LogP contribution in [0.3, 0.4) is 0 Å². The van der Waals surface area contributed by atoms with E-state index in [9.17, 15) is 4.79 Å². The molecule has 0 amide bonds. The maximum absolute atomic E-state index is 11.2. The number of hydrogen-bond donors (Lipinski definition) is 1. The molecule has 1 unspecified atom stereocenters. The van der Waals surface area contributed by atoms with Crippen LogP contribution in [0.4, 0.5) is 0 Å². The molecule has 1 N–H and O–H groups in total. The van der Waals surface area contributed by atoms with E-state index in [1.54, 1.807) is 4.90 Å². The molecule has 4 rings (SSSR count). The molecule has 2 nitrogen and oxygen atoms in total. The van der Waals surface area contributed by atoms with Crippen LogP contribution in [-0.2, 0) is 10.3 Å². The van der Waals surface area contributed by atoms with Crippen molar-refractivity contribution in [1.29, 1.82) is 0 Å². The summed E-state index contributed by atoms with van der Waals surface area (Å²) in [5, 5.41) is 0.769. The Balaban J connectivity index is 2.01. The first kappa shape index (κ1) is 12.2. The minimum atomic E-state index is 0.0213. The number of piperidine rings is 3. The molecule has 3 heteroatoms. The smallest absolute Gasteiger partial charge is 0.130 e. The Morgan fingerprint density at radius 1 is 1.28 bits per heavy atom. The number of quaternary nitrogens is 1. The molecule has 0 spiro atoms. The van der Waals surface area contributed by atoms with E-state index in [0.717, 1.165) is 23.6 Å². The van der Waals surface area contributed by atoms with E-state index in [4.69, 9.17) is 11.6 Å². The molecule has 0 saturated carbocycles. The van der Waals surface area contributed by atoms with E-state index in [2.05, 4.69) is 12.1 Å². The van der Waals surface area contributed by atoms with Crippen molar-refractivity contribution in [2.24, 2.45) is 5.92 Å². The predicted molar refractivity (Wildman–Crippen MR) is 71.8 cm³/mol. The van der Waals surface area contributed by atoms with Gasteiger partial charge in [0.25, 0.3) is 0 Å². The zero-order valence-corrected chi connectivity index (χ0v) is 11.2. The van der Waals surface area contributed by atoms with E-state index >= 15 is 0 Å². The van der Waals surface area contributed by atoms with Crippen LogP contribution in [0.5, 0.6) is 0 Å². The second-order valence-electron chi connectivity index (χ2n) is 5.71. The van der Waals surface area contributed by atoms with Gasteiger partial charge < -0.3 is 9.69 Å². The number of aldehydes is 1. The largest absolute Gasteiger partial charge is 0.326 e. The van der Waals surface area contributed by atoms with Crippen molar-refractivity contribution in [3.63, 3.8) is 0 Å². The van der Waals surface area contributed by atoms with Gasteiger partial charge >= 0.3 is 0 Å². The van der Waals surface area contributed by atoms with Gasteiger partial charge in [-0.25, -0.2) is 0 Å². The SMILES string of the molecule is O=CCC1(c2ccc(Cl)cc2)CC2CC[NH+]1CC2. The quantitative estimate of drug-likeness (QED) is 0.827. The maximum Gasteiger partial charge on any atom is 0.130 e. The molecule has 3 saturated heterocycles. The summed E-state index contributed by atoms with van der Waals surface area (Å²) >= 11 is 5.98. The fraction of sp³-hybridized carbons (Fsp3) is 0.533. The molecule has 0 aliphatic carbocycles. The third kappa shape index (κ3) is 1.88. The molecule has 1 aromatic carbocycles. The summed E-state index contributed by atoms with van der Waals surface area (Å²) in [6, 6.07) is 8.12. The Morgan fingerprint density at radius 3 is 2.44 bits per heavy atom. The number of benzene rings is 1. The predicted octanol–water partition coefficient (Wildman–Crippen LogP) is 1.82. The van der Waals surface area contributed by atoms with Crippen molar-refractivity contribution < 1.29 is 9.69 Å². The third-order valence-electron chi connectivity index (χ3n) is 4.85. The zero-order valence-electron chi connectivity index (χ0n) is 10.5. The van der Waals surface area contributed by atoms with Crippen LogP contribution in [0.15, 0.2) is 24.3 Å². The fourth-order valence-corrected chi connectivity index (χ4v) is 4.05. The van der Waals surface area contributed by atoms with Crippen LogP contribution in [0, 0.1) is 5.92 Å². The number of halogens is 1. The van der Waals surface area contributed by atoms with Gasteiger partial charge in [-0.3, -0.25) is 0 Å². The van der Waals surface area contributed by atoms with Gasteiger partial charge in [0.05, 0.1) is 19.5 Å². The number of carbonyl (C=O) groups excluding carboxylic acids is 1. The third-order valence-corrected chi connectivity index (χ3v) is 5.10. The highest BCUT2D eigenvalue weighted by atomic mass is 35.5. The van der Waals surface area contributed by atoms with E-state index < -0.39 is 0 Å². The average molecular weight is 265 g/mol. The summed E-state index contributed by atoms with van der Waals surface area (Å²) in [6.07, 6.45) is 5.54. The molecule has 0 radical (unpaired) electrons. The molecule has 2 bridgehead atoms. The van der Waals surface area contributed by atoms with E-state index in [1.807, 2.05) is 12.1 Å². The van der Waals surface area contributed by atoms with Crippen molar-refractivity contribution in [2.45, 2.75) is 31.2 Å². The van der Waals surface area contributed by atoms with Crippen LogP contribution in [-0.4, -0.2) is 19.4 Å². The lowest BCUT2D eigenvalue weighted by Gasteiger charge is -2.51. The summed E-state index contributed by atoms with van der Waals surface area (Å²) in [7, 11) is 0. The monoisotopic (exact) mass is 264 g/mol. The molecule has 3 aliphatic heterocycles. The van der Waals surface area contributed by atoms with E-state index in [0.29, 0.717) is 6.42 Å². The van der Waals surface area contributed by atoms with Crippen molar-refractivity contribution in [1.82, 2.24) is 0 Å². The molecule has 3 fully saturated rings. The normalized spacial score (nSPS) is 34.5. The fourth-order valence-electron chi connectivity index (χ4n) is 3.92. The first-order valence-electron chi connectivity index (χ1n) is 6.79. The first-order valence-corrected chi connectivity index (χ1v) is 7.17. The van der Waals surface area contributed by atoms with E-state index in [-0.39, 0.29) is 5.54 Å². The molecule has 18 heavy (non-hydrogen) atoms. The van der Waals surface area contributed by atoms with E-state index in [1.165, 1.54) is 31.5 Å². The Labute approximate surface area is 113 Å². The van der Waals surface area contributed by atoms with Crippen molar-refractivity contribution in [3.8, 4) is 0 Å². The van der Waals surface area contributed by atoms with Crippen molar-refractivity contribution >= 4 is 17.9 Å². The summed E-state index contributed by atoms with van der Waals surface area (Å²) in [4.78, 5) is 12.8. The molecule has 1 aromatic rings. The van der Waals surface area contributed by atoms with Gasteiger partial charge in [0, 0.05) is 17.0 Å². The summed E-state index contributed by atoms with van der Waals surface area (Å²) in [5.74, 6) is 0.804. The highest BCUT2D eigenvalue weighted by Crippen LogP contribution is 2.37. The Kier molecular flexibility index (Phi) is 3.16. The summed E-state index contributed by atoms with van der Waals surface area (Å²) in [6.45, 7) is 2.42. The highest BCUT2D eigenvalue weighted by Gasteiger charge is 2.50. The second kappa shape index (κ2) is 4.67. The van der Waals surface area contributed by atoms with Crippen LogP contribution < -0.4 is 4.90 Å². The van der Waals surface area contributed by atoms with Crippen LogP contribution in [0.25, 0.3) is 0 Å². The number of hydrogen-bond acceptors (Lipinski definition) is 1. The molecular weight excluding hydrogens is 246 g/mol. The van der Waals surface area contributed by atoms with Gasteiger partial charge in [0.15, 0.2) is 0 Å². The second-order valence-corrected chi connectivity index (χ2v) is 6.15. The minimum Gasteiger partial charge on any atom is -0.326 e. The Bertz CT molecular complexity index is 436. The molecular formula is C15H19ClNO+. The number of fused-ring (bicyclic) bond motifs is 3. The first-order chi connectivity index (χ1) is 8.74. The average Bonchev–Trinajstić information content (AvgIpc) is 2.41. The van der Waals surface area contributed by atoms with Gasteiger partial charge in [-0.2, -0.15) is 0 Å². The van der Waals surface area contributed by atoms with Crippen LogP contribution in [0.1, 0.15) is 31.2 Å². The lowest BCUT2D eigenvalue weighted by molar-refractivity contribution is -0.977. The molecule has 3 aliphatic rings. The lowest BCUT2D eigenvalue weighted by Crippen LogP contribution is -3.21. The molecule has 1 atom stereocenters. The Morgan fingerprint density at radius 2 is 1.94 bits per heavy atom. The molecule has 0 aromatic heterocycles. The minimum absolute atomic E-state index is 0.0213. The number of nitrogens with one attached hydrogen (secondary N) is 1. The van der Waals surface area contributed by atoms with Crippen LogP contribution >= 0.6 is 11.6 Å². The number of rotatable bonds is 3. The van der Waals surface area contributed by atoms with Gasteiger partial charge in [-0.1, -0.05) is 23.7 Å². The van der Waals surface area contributed by atoms with Crippen LogP contribution in [0.2, 0.25) is 5.02 Å². The standard InChI is InChI=1S/C15H18ClNO/c16-14-3-1-13(2-4-14)15(7-10-18)11-12-5-8-17(15)9-6-12/h1-4,10,12H,5-9,11H2/p+1. The zero-order chi connectivity index (χ0) is 12.6. The topological polar surface area (TPSA) is 21.5 Å². The van der Waals surface area contributed by atoms with Crippen molar-refractivity contribution in [3.05, 3.63) is 34.9 Å². The van der Waals surface area contributed by atoms with Gasteiger partial charge in [0.1, 0.15) is 11.8 Å². The van der Waals surface area contributed by atoms with Crippen molar-refractivity contribution in [2.75, 3.05) is 13.1 Å².